The summed E-state index contributed by atoms with van der Waals surface area (Å²) < 4.78 is 5.15. The molecule has 0 aromatic heterocycles. The minimum absolute atomic E-state index is 0.108. The lowest BCUT2D eigenvalue weighted by molar-refractivity contribution is 0.0951. The van der Waals surface area contributed by atoms with E-state index in [-0.39, 0.29) is 5.91 Å². The van der Waals surface area contributed by atoms with Gasteiger partial charge in [0.2, 0.25) is 0 Å². The Bertz CT molecular complexity index is 597. The number of rotatable bonds is 5. The molecule has 104 valence electrons. The highest BCUT2D eigenvalue weighted by molar-refractivity contribution is 5.94. The van der Waals surface area contributed by atoms with Crippen LogP contribution in [0.15, 0.2) is 48.5 Å². The molecule has 4 heteroatoms. The van der Waals surface area contributed by atoms with Crippen molar-refractivity contribution in [3.63, 3.8) is 0 Å². The second-order valence-electron chi connectivity index (χ2n) is 4.44. The molecule has 0 unspecified atom stereocenters. The number of methoxy groups -OCH3 is 1. The van der Waals surface area contributed by atoms with E-state index in [1.807, 2.05) is 36.4 Å². The van der Waals surface area contributed by atoms with E-state index in [1.165, 1.54) is 0 Å². The third kappa shape index (κ3) is 3.59. The number of hydrogen-bond donors (Lipinski definition) is 2. The molecule has 2 aromatic carbocycles. The van der Waals surface area contributed by atoms with Crippen LogP contribution in [-0.2, 0) is 13.1 Å². The molecule has 20 heavy (non-hydrogen) atoms. The Morgan fingerprint density at radius 2 is 1.90 bits per heavy atom. The summed E-state index contributed by atoms with van der Waals surface area (Å²) in [6.07, 6.45) is 0. The average Bonchev–Trinajstić information content (AvgIpc) is 2.52. The molecule has 0 saturated heterocycles. The van der Waals surface area contributed by atoms with Crippen molar-refractivity contribution in [3.05, 3.63) is 65.2 Å². The number of ether oxygens (including phenoxy) is 1. The van der Waals surface area contributed by atoms with E-state index in [4.69, 9.17) is 10.5 Å². The number of nitrogens with two attached hydrogens (primary N) is 1. The molecule has 2 aromatic rings. The second kappa shape index (κ2) is 6.73. The van der Waals surface area contributed by atoms with Crippen LogP contribution in [0.5, 0.6) is 5.75 Å². The Morgan fingerprint density at radius 3 is 2.65 bits per heavy atom. The molecule has 0 heterocycles. The van der Waals surface area contributed by atoms with Crippen LogP contribution in [0.4, 0.5) is 0 Å². The van der Waals surface area contributed by atoms with Crippen molar-refractivity contribution >= 4 is 5.91 Å². The van der Waals surface area contributed by atoms with Crippen LogP contribution in [0.3, 0.4) is 0 Å². The zero-order valence-corrected chi connectivity index (χ0v) is 11.4. The van der Waals surface area contributed by atoms with Gasteiger partial charge < -0.3 is 15.8 Å². The predicted octanol–water partition coefficient (Wildman–Crippen LogP) is 2.08. The molecule has 3 N–H and O–H groups in total. The first kappa shape index (κ1) is 14.1. The summed E-state index contributed by atoms with van der Waals surface area (Å²) in [6, 6.07) is 14.9. The van der Waals surface area contributed by atoms with Gasteiger partial charge in [-0.05, 0) is 35.4 Å². The van der Waals surface area contributed by atoms with E-state index in [9.17, 15) is 4.79 Å². The zero-order chi connectivity index (χ0) is 14.4. The normalized spacial score (nSPS) is 10.1. The van der Waals surface area contributed by atoms with Gasteiger partial charge in [0, 0.05) is 18.7 Å². The molecule has 0 aliphatic rings. The quantitative estimate of drug-likeness (QED) is 0.874. The van der Waals surface area contributed by atoms with E-state index in [2.05, 4.69) is 5.32 Å². The van der Waals surface area contributed by atoms with Crippen molar-refractivity contribution in [2.24, 2.45) is 5.73 Å². The van der Waals surface area contributed by atoms with Crippen molar-refractivity contribution in [2.45, 2.75) is 13.1 Å². The minimum atomic E-state index is -0.108. The number of nitrogens with one attached hydrogen (secondary N) is 1. The maximum atomic E-state index is 12.1. The first-order valence-electron chi connectivity index (χ1n) is 6.43. The fourth-order valence-electron chi connectivity index (χ4n) is 1.91. The zero-order valence-electron chi connectivity index (χ0n) is 11.4. The molecule has 1 amide bonds. The first-order chi connectivity index (χ1) is 9.72. The highest BCUT2D eigenvalue weighted by Crippen LogP contribution is 2.12. The van der Waals surface area contributed by atoms with Crippen LogP contribution in [-0.4, -0.2) is 13.0 Å². The molecule has 0 bridgehead atoms. The number of carbonyl (C=O) groups is 1. The van der Waals surface area contributed by atoms with Crippen molar-refractivity contribution in [1.29, 1.82) is 0 Å². The molecule has 2 rings (SSSR count). The topological polar surface area (TPSA) is 64.3 Å². The molecule has 0 saturated carbocycles. The molecular formula is C16H18N2O2. The summed E-state index contributed by atoms with van der Waals surface area (Å²) in [4.78, 5) is 12.1. The first-order valence-corrected chi connectivity index (χ1v) is 6.43. The third-order valence-electron chi connectivity index (χ3n) is 3.01. The molecule has 4 nitrogen and oxygen atoms in total. The number of benzene rings is 2. The van der Waals surface area contributed by atoms with Gasteiger partial charge in [-0.25, -0.2) is 0 Å². The van der Waals surface area contributed by atoms with Crippen molar-refractivity contribution in [3.8, 4) is 5.75 Å². The van der Waals surface area contributed by atoms with Gasteiger partial charge in [-0.15, -0.1) is 0 Å². The summed E-state index contributed by atoms with van der Waals surface area (Å²) >= 11 is 0. The molecule has 0 spiro atoms. The smallest absolute Gasteiger partial charge is 0.251 e. The largest absolute Gasteiger partial charge is 0.497 e. The van der Waals surface area contributed by atoms with Crippen LogP contribution in [0.25, 0.3) is 0 Å². The molecule has 0 atom stereocenters. The van der Waals surface area contributed by atoms with Crippen molar-refractivity contribution in [2.75, 3.05) is 7.11 Å². The summed E-state index contributed by atoms with van der Waals surface area (Å²) in [5, 5.41) is 2.88. The van der Waals surface area contributed by atoms with E-state index in [0.717, 1.165) is 16.9 Å². The fraction of sp³-hybridized carbons (Fsp3) is 0.188. The number of hydrogen-bond acceptors (Lipinski definition) is 3. The van der Waals surface area contributed by atoms with Gasteiger partial charge >= 0.3 is 0 Å². The molecule has 0 fully saturated rings. The second-order valence-corrected chi connectivity index (χ2v) is 4.44. The highest BCUT2D eigenvalue weighted by atomic mass is 16.5. The van der Waals surface area contributed by atoms with Crippen molar-refractivity contribution in [1.82, 2.24) is 5.32 Å². The van der Waals surface area contributed by atoms with Gasteiger partial charge in [-0.1, -0.05) is 24.3 Å². The predicted molar refractivity (Wildman–Crippen MR) is 78.5 cm³/mol. The highest BCUT2D eigenvalue weighted by Gasteiger charge is 2.06. The lowest BCUT2D eigenvalue weighted by Crippen LogP contribution is -2.23. The van der Waals surface area contributed by atoms with E-state index < -0.39 is 0 Å². The lowest BCUT2D eigenvalue weighted by atomic mass is 10.1. The van der Waals surface area contributed by atoms with Crippen LogP contribution in [0.2, 0.25) is 0 Å². The lowest BCUT2D eigenvalue weighted by Gasteiger charge is -2.08. The molecular weight excluding hydrogens is 252 g/mol. The van der Waals surface area contributed by atoms with Gasteiger partial charge in [0.1, 0.15) is 5.75 Å². The monoisotopic (exact) mass is 270 g/mol. The summed E-state index contributed by atoms with van der Waals surface area (Å²) in [5.41, 5.74) is 8.13. The van der Waals surface area contributed by atoms with Gasteiger partial charge in [-0.3, -0.25) is 4.79 Å². The summed E-state index contributed by atoms with van der Waals surface area (Å²) in [7, 11) is 1.62. The maximum Gasteiger partial charge on any atom is 0.251 e. The van der Waals surface area contributed by atoms with E-state index >= 15 is 0 Å². The maximum absolute atomic E-state index is 12.1. The van der Waals surface area contributed by atoms with Crippen LogP contribution in [0.1, 0.15) is 21.5 Å². The van der Waals surface area contributed by atoms with Gasteiger partial charge in [0.05, 0.1) is 7.11 Å². The Labute approximate surface area is 118 Å². The summed E-state index contributed by atoms with van der Waals surface area (Å²) in [6.45, 7) is 0.889. The number of amides is 1. The van der Waals surface area contributed by atoms with E-state index in [1.54, 1.807) is 19.2 Å². The number of carbonyl (C=O) groups excluding carboxylic acids is 1. The Hall–Kier alpha value is -2.33. The average molecular weight is 270 g/mol. The summed E-state index contributed by atoms with van der Waals surface area (Å²) in [5.74, 6) is 0.671. The van der Waals surface area contributed by atoms with Crippen molar-refractivity contribution < 1.29 is 9.53 Å². The molecule has 0 radical (unpaired) electrons. The Kier molecular flexibility index (Phi) is 4.74. The van der Waals surface area contributed by atoms with Crippen LogP contribution in [0, 0.1) is 0 Å². The minimum Gasteiger partial charge on any atom is -0.497 e. The van der Waals surface area contributed by atoms with Gasteiger partial charge in [0.15, 0.2) is 0 Å². The molecule has 0 aliphatic heterocycles. The Morgan fingerprint density at radius 1 is 1.15 bits per heavy atom. The fourth-order valence-corrected chi connectivity index (χ4v) is 1.91. The van der Waals surface area contributed by atoms with Gasteiger partial charge in [0.25, 0.3) is 5.91 Å². The molecule has 0 aliphatic carbocycles. The SMILES string of the molecule is COc1cccc(CNC(=O)c2cccc(CN)c2)c1. The third-order valence-corrected chi connectivity index (χ3v) is 3.01. The van der Waals surface area contributed by atoms with E-state index in [0.29, 0.717) is 18.7 Å². The standard InChI is InChI=1S/C16H18N2O2/c1-20-15-7-3-5-13(9-15)11-18-16(19)14-6-2-4-12(8-14)10-17/h2-9H,10-11,17H2,1H3,(H,18,19). The van der Waals surface area contributed by atoms with Gasteiger partial charge in [-0.2, -0.15) is 0 Å². The van der Waals surface area contributed by atoms with Crippen LogP contribution >= 0.6 is 0 Å². The van der Waals surface area contributed by atoms with Crippen LogP contribution < -0.4 is 15.8 Å². The Balaban J connectivity index is 2.00.